The number of carboxylic acids is 1. The molecular formula is C13H10N2O5S. The lowest BCUT2D eigenvalue weighted by molar-refractivity contribution is -0.123. The van der Waals surface area contributed by atoms with Gasteiger partial charge in [-0.05, 0) is 36.0 Å². The topological polar surface area (TPSA) is 105 Å². The van der Waals surface area contributed by atoms with Crippen LogP contribution in [0.5, 0.6) is 5.75 Å². The number of carboxylic acid groups (broad SMARTS) is 1. The number of hydrogen-bond acceptors (Lipinski definition) is 5. The number of hydrogen-bond donors (Lipinski definition) is 3. The Morgan fingerprint density at radius 3 is 2.43 bits per heavy atom. The molecule has 0 aliphatic carbocycles. The van der Waals surface area contributed by atoms with E-state index in [9.17, 15) is 14.4 Å². The number of carbonyl (C=O) groups excluding carboxylic acids is 2. The lowest BCUT2D eigenvalue weighted by Gasteiger charge is -2.16. The first kappa shape index (κ1) is 14.7. The second-order valence-corrected chi connectivity index (χ2v) is 4.47. The van der Waals surface area contributed by atoms with E-state index in [1.807, 2.05) is 0 Å². The number of benzene rings is 1. The Kier molecular flexibility index (Phi) is 3.99. The summed E-state index contributed by atoms with van der Waals surface area (Å²) >= 11 is 4.68. The number of aromatic carboxylic acids is 1. The first-order valence-corrected chi connectivity index (χ1v) is 6.13. The molecule has 7 nitrogen and oxygen atoms in total. The highest BCUT2D eigenvalue weighted by atomic mass is 32.1. The molecule has 1 heterocycles. The van der Waals surface area contributed by atoms with Crippen molar-refractivity contribution in [2.75, 3.05) is 7.11 Å². The SMILES string of the molecule is COc1ccc(C=C2C(=O)NC(=S)NC2=O)cc1C(=O)O. The van der Waals surface area contributed by atoms with E-state index in [2.05, 4.69) is 22.9 Å². The van der Waals surface area contributed by atoms with Gasteiger partial charge in [0.1, 0.15) is 16.9 Å². The van der Waals surface area contributed by atoms with Gasteiger partial charge in [0, 0.05) is 0 Å². The van der Waals surface area contributed by atoms with Crippen molar-refractivity contribution in [2.24, 2.45) is 0 Å². The molecule has 0 spiro atoms. The molecule has 108 valence electrons. The highest BCUT2D eigenvalue weighted by Gasteiger charge is 2.25. The van der Waals surface area contributed by atoms with Crippen molar-refractivity contribution in [3.05, 3.63) is 34.9 Å². The fraction of sp³-hybridized carbons (Fsp3) is 0.0769. The van der Waals surface area contributed by atoms with Crippen LogP contribution in [-0.4, -0.2) is 35.1 Å². The van der Waals surface area contributed by atoms with Crippen molar-refractivity contribution in [3.63, 3.8) is 0 Å². The van der Waals surface area contributed by atoms with Gasteiger partial charge in [-0.1, -0.05) is 6.07 Å². The average Bonchev–Trinajstić information content (AvgIpc) is 2.42. The van der Waals surface area contributed by atoms with Crippen molar-refractivity contribution in [1.82, 2.24) is 10.6 Å². The molecule has 1 aliphatic rings. The number of rotatable bonds is 3. The molecule has 1 fully saturated rings. The molecule has 8 heteroatoms. The summed E-state index contributed by atoms with van der Waals surface area (Å²) in [5.41, 5.74) is 0.144. The standard InChI is InChI=1S/C13H10N2O5S/c1-20-9-3-2-6(4-7(9)12(18)19)5-8-10(16)14-13(21)15-11(8)17/h2-5H,1H3,(H,18,19)(H2,14,15,16,17,21). The Hall–Kier alpha value is -2.74. The van der Waals surface area contributed by atoms with E-state index in [1.54, 1.807) is 0 Å². The molecule has 1 aliphatic heterocycles. The highest BCUT2D eigenvalue weighted by molar-refractivity contribution is 7.80. The molecule has 2 amide bonds. The Morgan fingerprint density at radius 2 is 1.90 bits per heavy atom. The van der Waals surface area contributed by atoms with Gasteiger partial charge in [-0.3, -0.25) is 20.2 Å². The van der Waals surface area contributed by atoms with E-state index in [1.165, 1.54) is 31.4 Å². The summed E-state index contributed by atoms with van der Waals surface area (Å²) in [7, 11) is 1.35. The molecule has 1 aromatic rings. The highest BCUT2D eigenvalue weighted by Crippen LogP contribution is 2.21. The lowest BCUT2D eigenvalue weighted by Crippen LogP contribution is -2.51. The van der Waals surface area contributed by atoms with Crippen LogP contribution in [0.2, 0.25) is 0 Å². The lowest BCUT2D eigenvalue weighted by atomic mass is 10.1. The Labute approximate surface area is 124 Å². The number of thiocarbonyl (C=S) groups is 1. The molecule has 1 saturated heterocycles. The number of ether oxygens (including phenoxy) is 1. The maximum atomic E-state index is 11.7. The number of amides is 2. The molecule has 1 aromatic carbocycles. The summed E-state index contributed by atoms with van der Waals surface area (Å²) in [6.45, 7) is 0. The van der Waals surface area contributed by atoms with E-state index in [0.717, 1.165) is 0 Å². The molecule has 2 rings (SSSR count). The van der Waals surface area contributed by atoms with Gasteiger partial charge in [-0.15, -0.1) is 0 Å². The van der Waals surface area contributed by atoms with E-state index >= 15 is 0 Å². The van der Waals surface area contributed by atoms with Crippen molar-refractivity contribution in [3.8, 4) is 5.75 Å². The molecular weight excluding hydrogens is 296 g/mol. The molecule has 0 radical (unpaired) electrons. The fourth-order valence-electron chi connectivity index (χ4n) is 1.76. The van der Waals surface area contributed by atoms with Crippen LogP contribution >= 0.6 is 12.2 Å². The number of methoxy groups -OCH3 is 1. The number of nitrogens with one attached hydrogen (secondary N) is 2. The zero-order chi connectivity index (χ0) is 15.6. The van der Waals surface area contributed by atoms with Gasteiger partial charge in [0.15, 0.2) is 5.11 Å². The maximum absolute atomic E-state index is 11.7. The summed E-state index contributed by atoms with van der Waals surface area (Å²) < 4.78 is 4.93. The van der Waals surface area contributed by atoms with Crippen molar-refractivity contribution >= 4 is 41.2 Å². The van der Waals surface area contributed by atoms with Crippen LogP contribution in [0.4, 0.5) is 0 Å². The van der Waals surface area contributed by atoms with Crippen LogP contribution in [0.15, 0.2) is 23.8 Å². The van der Waals surface area contributed by atoms with Crippen molar-refractivity contribution in [2.45, 2.75) is 0 Å². The monoisotopic (exact) mass is 306 g/mol. The summed E-state index contributed by atoms with van der Waals surface area (Å²) in [4.78, 5) is 34.5. The summed E-state index contributed by atoms with van der Waals surface area (Å²) in [6.07, 6.45) is 1.28. The quantitative estimate of drug-likeness (QED) is 0.422. The van der Waals surface area contributed by atoms with E-state index in [0.29, 0.717) is 5.56 Å². The minimum atomic E-state index is -1.18. The Balaban J connectivity index is 2.43. The van der Waals surface area contributed by atoms with Gasteiger partial charge in [0.2, 0.25) is 0 Å². The third-order valence-corrected chi connectivity index (χ3v) is 2.91. The third-order valence-electron chi connectivity index (χ3n) is 2.71. The van der Waals surface area contributed by atoms with Gasteiger partial charge in [-0.25, -0.2) is 4.79 Å². The van der Waals surface area contributed by atoms with Crippen LogP contribution in [0, 0.1) is 0 Å². The molecule has 0 unspecified atom stereocenters. The summed E-state index contributed by atoms with van der Waals surface area (Å²) in [5, 5.41) is 13.6. The minimum absolute atomic E-state index is 0.0666. The summed E-state index contributed by atoms with van der Waals surface area (Å²) in [6, 6.07) is 4.28. The molecule has 21 heavy (non-hydrogen) atoms. The second kappa shape index (κ2) is 5.71. The van der Waals surface area contributed by atoms with Gasteiger partial charge in [0.25, 0.3) is 11.8 Å². The zero-order valence-electron chi connectivity index (χ0n) is 10.8. The van der Waals surface area contributed by atoms with Gasteiger partial charge in [0.05, 0.1) is 7.11 Å². The van der Waals surface area contributed by atoms with E-state index < -0.39 is 17.8 Å². The molecule has 0 atom stereocenters. The third kappa shape index (κ3) is 3.06. The molecule has 0 saturated carbocycles. The van der Waals surface area contributed by atoms with Gasteiger partial charge in [-0.2, -0.15) is 0 Å². The van der Waals surface area contributed by atoms with E-state index in [4.69, 9.17) is 9.84 Å². The van der Waals surface area contributed by atoms with Crippen molar-refractivity contribution in [1.29, 1.82) is 0 Å². The predicted molar refractivity (Wildman–Crippen MR) is 76.8 cm³/mol. The summed E-state index contributed by atoms with van der Waals surface area (Å²) in [5.74, 6) is -2.28. The van der Waals surface area contributed by atoms with Crippen LogP contribution in [0.1, 0.15) is 15.9 Å². The van der Waals surface area contributed by atoms with Crippen LogP contribution in [0.3, 0.4) is 0 Å². The molecule has 3 N–H and O–H groups in total. The average molecular weight is 306 g/mol. The van der Waals surface area contributed by atoms with E-state index in [-0.39, 0.29) is 22.0 Å². The first-order chi connectivity index (χ1) is 9.92. The van der Waals surface area contributed by atoms with Crippen LogP contribution in [0.25, 0.3) is 6.08 Å². The first-order valence-electron chi connectivity index (χ1n) is 5.72. The van der Waals surface area contributed by atoms with Gasteiger partial charge >= 0.3 is 5.97 Å². The molecule has 0 aromatic heterocycles. The fourth-order valence-corrected chi connectivity index (χ4v) is 1.94. The Bertz CT molecular complexity index is 674. The van der Waals surface area contributed by atoms with Crippen LogP contribution < -0.4 is 15.4 Å². The predicted octanol–water partition coefficient (Wildman–Crippen LogP) is 0.308. The maximum Gasteiger partial charge on any atom is 0.339 e. The molecule has 0 bridgehead atoms. The largest absolute Gasteiger partial charge is 0.496 e. The van der Waals surface area contributed by atoms with Gasteiger partial charge < -0.3 is 9.84 Å². The minimum Gasteiger partial charge on any atom is -0.496 e. The Morgan fingerprint density at radius 1 is 1.29 bits per heavy atom. The number of carbonyl (C=O) groups is 3. The normalized spacial score (nSPS) is 14.3. The smallest absolute Gasteiger partial charge is 0.339 e. The van der Waals surface area contributed by atoms with Crippen molar-refractivity contribution < 1.29 is 24.2 Å². The van der Waals surface area contributed by atoms with Crippen LogP contribution in [-0.2, 0) is 9.59 Å². The second-order valence-electron chi connectivity index (χ2n) is 4.06. The zero-order valence-corrected chi connectivity index (χ0v) is 11.6.